The molecular formula is C10H13NO2. The Bertz CT molecular complexity index is 255. The normalized spacial score (nSPS) is 9.85. The maximum absolute atomic E-state index is 11.3. The van der Waals surface area contributed by atoms with Crippen LogP contribution in [0.1, 0.15) is 26.7 Å². The van der Waals surface area contributed by atoms with Gasteiger partial charge in [-0.25, -0.2) is 0 Å². The minimum Gasteiger partial charge on any atom is -0.452 e. The summed E-state index contributed by atoms with van der Waals surface area (Å²) >= 11 is 0. The van der Waals surface area contributed by atoms with Gasteiger partial charge in [0.15, 0.2) is 6.61 Å². The Kier molecular flexibility index (Phi) is 4.62. The Hall–Kier alpha value is -1.48. The summed E-state index contributed by atoms with van der Waals surface area (Å²) < 4.78 is 4.77. The number of carbonyl (C=O) groups is 1. The van der Waals surface area contributed by atoms with Crippen LogP contribution in [0.2, 0.25) is 0 Å². The molecule has 0 atom stereocenters. The predicted octanol–water partition coefficient (Wildman–Crippen LogP) is 1.49. The highest BCUT2D eigenvalue weighted by atomic mass is 16.5. The summed E-state index contributed by atoms with van der Waals surface area (Å²) in [5.41, 5.74) is -0.618. The molecule has 0 saturated carbocycles. The first-order valence-corrected chi connectivity index (χ1v) is 4.02. The SMILES string of the molecule is C#CCOC(=O)C(C)(C)CCC#N. The summed E-state index contributed by atoms with van der Waals surface area (Å²) in [5.74, 6) is 1.87. The first-order chi connectivity index (χ1) is 6.04. The first-order valence-electron chi connectivity index (χ1n) is 4.02. The molecule has 70 valence electrons. The maximum Gasteiger partial charge on any atom is 0.312 e. The Morgan fingerprint density at radius 3 is 2.69 bits per heavy atom. The number of hydrogen-bond donors (Lipinski definition) is 0. The van der Waals surface area contributed by atoms with Gasteiger partial charge in [0.1, 0.15) is 0 Å². The largest absolute Gasteiger partial charge is 0.452 e. The maximum atomic E-state index is 11.3. The molecule has 0 unspecified atom stereocenters. The zero-order valence-electron chi connectivity index (χ0n) is 7.96. The fourth-order valence-corrected chi connectivity index (χ4v) is 0.773. The number of nitriles is 1. The van der Waals surface area contributed by atoms with E-state index in [4.69, 9.17) is 16.4 Å². The summed E-state index contributed by atoms with van der Waals surface area (Å²) in [6.07, 6.45) is 5.78. The van der Waals surface area contributed by atoms with Crippen LogP contribution >= 0.6 is 0 Å². The smallest absolute Gasteiger partial charge is 0.312 e. The van der Waals surface area contributed by atoms with Crippen LogP contribution in [0.4, 0.5) is 0 Å². The molecule has 0 fully saturated rings. The van der Waals surface area contributed by atoms with Crippen molar-refractivity contribution >= 4 is 5.97 Å². The van der Waals surface area contributed by atoms with Crippen LogP contribution in [-0.2, 0) is 9.53 Å². The summed E-state index contributed by atoms with van der Waals surface area (Å²) in [6, 6.07) is 1.99. The molecule has 0 aromatic rings. The number of terminal acetylenes is 1. The molecule has 0 rings (SSSR count). The van der Waals surface area contributed by atoms with E-state index in [1.807, 2.05) is 6.07 Å². The molecule has 0 aliphatic heterocycles. The molecule has 0 amide bonds. The van der Waals surface area contributed by atoms with Crippen LogP contribution in [0.3, 0.4) is 0 Å². The van der Waals surface area contributed by atoms with Crippen LogP contribution in [0, 0.1) is 29.1 Å². The Labute approximate surface area is 78.7 Å². The van der Waals surface area contributed by atoms with Crippen LogP contribution in [-0.4, -0.2) is 12.6 Å². The zero-order chi connectivity index (χ0) is 10.3. The lowest BCUT2D eigenvalue weighted by Crippen LogP contribution is -2.26. The average molecular weight is 179 g/mol. The monoisotopic (exact) mass is 179 g/mol. The number of hydrogen-bond acceptors (Lipinski definition) is 3. The van der Waals surface area contributed by atoms with Crippen LogP contribution in [0.15, 0.2) is 0 Å². The van der Waals surface area contributed by atoms with E-state index in [-0.39, 0.29) is 12.6 Å². The number of esters is 1. The quantitative estimate of drug-likeness (QED) is 0.485. The summed E-state index contributed by atoms with van der Waals surface area (Å²) in [4.78, 5) is 11.3. The Morgan fingerprint density at radius 1 is 1.62 bits per heavy atom. The second kappa shape index (κ2) is 5.22. The highest BCUT2D eigenvalue weighted by molar-refractivity contribution is 5.76. The van der Waals surface area contributed by atoms with Crippen molar-refractivity contribution in [1.82, 2.24) is 0 Å². The number of ether oxygens (including phenoxy) is 1. The van der Waals surface area contributed by atoms with Gasteiger partial charge >= 0.3 is 5.97 Å². The lowest BCUT2D eigenvalue weighted by atomic mass is 9.88. The standard InChI is InChI=1S/C10H13NO2/c1-4-8-13-9(12)10(2,3)6-5-7-11/h1H,5-6,8H2,2-3H3. The number of nitrogens with zero attached hydrogens (tertiary/aromatic N) is 1. The summed E-state index contributed by atoms with van der Waals surface area (Å²) in [5, 5.41) is 8.35. The number of rotatable bonds is 4. The van der Waals surface area contributed by atoms with E-state index >= 15 is 0 Å². The fourth-order valence-electron chi connectivity index (χ4n) is 0.773. The van der Waals surface area contributed by atoms with Crippen LogP contribution in [0.5, 0.6) is 0 Å². The molecule has 0 aromatic carbocycles. The topological polar surface area (TPSA) is 50.1 Å². The van der Waals surface area contributed by atoms with Gasteiger partial charge in [0.25, 0.3) is 0 Å². The van der Waals surface area contributed by atoms with Gasteiger partial charge in [-0.3, -0.25) is 4.79 Å². The molecule has 13 heavy (non-hydrogen) atoms. The molecule has 0 radical (unpaired) electrons. The molecular weight excluding hydrogens is 166 g/mol. The van der Waals surface area contributed by atoms with E-state index in [0.29, 0.717) is 12.8 Å². The highest BCUT2D eigenvalue weighted by Crippen LogP contribution is 2.23. The Balaban J connectivity index is 4.06. The summed E-state index contributed by atoms with van der Waals surface area (Å²) in [7, 11) is 0. The van der Waals surface area contributed by atoms with Crippen molar-refractivity contribution in [3.05, 3.63) is 0 Å². The first kappa shape index (κ1) is 11.5. The molecule has 0 spiro atoms. The van der Waals surface area contributed by atoms with Crippen LogP contribution in [0.25, 0.3) is 0 Å². The molecule has 0 saturated heterocycles. The van der Waals surface area contributed by atoms with Gasteiger partial charge < -0.3 is 4.74 Å². The lowest BCUT2D eigenvalue weighted by molar-refractivity contribution is -0.152. The average Bonchev–Trinajstić information content (AvgIpc) is 2.10. The molecule has 0 aliphatic carbocycles. The van der Waals surface area contributed by atoms with Gasteiger partial charge in [-0.1, -0.05) is 5.92 Å². The van der Waals surface area contributed by atoms with Gasteiger partial charge in [-0.05, 0) is 20.3 Å². The van der Waals surface area contributed by atoms with Crippen molar-refractivity contribution < 1.29 is 9.53 Å². The Morgan fingerprint density at radius 2 is 2.23 bits per heavy atom. The molecule has 3 nitrogen and oxygen atoms in total. The number of carbonyl (C=O) groups excluding carboxylic acids is 1. The third-order valence-electron chi connectivity index (χ3n) is 1.70. The molecule has 0 aliphatic rings. The van der Waals surface area contributed by atoms with Crippen molar-refractivity contribution in [3.63, 3.8) is 0 Å². The zero-order valence-corrected chi connectivity index (χ0v) is 7.96. The van der Waals surface area contributed by atoms with Crippen molar-refractivity contribution in [2.45, 2.75) is 26.7 Å². The van der Waals surface area contributed by atoms with Gasteiger partial charge in [0, 0.05) is 6.42 Å². The fraction of sp³-hybridized carbons (Fsp3) is 0.600. The van der Waals surface area contributed by atoms with E-state index in [2.05, 4.69) is 5.92 Å². The van der Waals surface area contributed by atoms with Gasteiger partial charge in [-0.15, -0.1) is 6.42 Å². The van der Waals surface area contributed by atoms with Crippen molar-refractivity contribution in [2.24, 2.45) is 5.41 Å². The van der Waals surface area contributed by atoms with E-state index in [1.54, 1.807) is 13.8 Å². The summed E-state index contributed by atoms with van der Waals surface area (Å²) in [6.45, 7) is 3.47. The predicted molar refractivity (Wildman–Crippen MR) is 48.4 cm³/mol. The molecule has 0 aromatic heterocycles. The van der Waals surface area contributed by atoms with Gasteiger partial charge in [0.2, 0.25) is 0 Å². The van der Waals surface area contributed by atoms with E-state index in [0.717, 1.165) is 0 Å². The third kappa shape index (κ3) is 4.18. The molecule has 0 heterocycles. The van der Waals surface area contributed by atoms with Crippen molar-refractivity contribution in [2.75, 3.05) is 6.61 Å². The van der Waals surface area contributed by atoms with Gasteiger partial charge in [0.05, 0.1) is 11.5 Å². The van der Waals surface area contributed by atoms with E-state index in [1.165, 1.54) is 0 Å². The minimum atomic E-state index is -0.618. The molecule has 3 heteroatoms. The lowest BCUT2D eigenvalue weighted by Gasteiger charge is -2.20. The van der Waals surface area contributed by atoms with Crippen molar-refractivity contribution in [3.8, 4) is 18.4 Å². The third-order valence-corrected chi connectivity index (χ3v) is 1.70. The molecule has 0 N–H and O–H groups in total. The van der Waals surface area contributed by atoms with Crippen molar-refractivity contribution in [1.29, 1.82) is 5.26 Å². The van der Waals surface area contributed by atoms with E-state index in [9.17, 15) is 4.79 Å². The highest BCUT2D eigenvalue weighted by Gasteiger charge is 2.28. The van der Waals surface area contributed by atoms with Crippen LogP contribution < -0.4 is 0 Å². The minimum absolute atomic E-state index is 0.00514. The van der Waals surface area contributed by atoms with E-state index < -0.39 is 5.41 Å². The molecule has 0 bridgehead atoms. The second-order valence-corrected chi connectivity index (χ2v) is 3.32. The second-order valence-electron chi connectivity index (χ2n) is 3.32. The van der Waals surface area contributed by atoms with Gasteiger partial charge in [-0.2, -0.15) is 5.26 Å².